The van der Waals surface area contributed by atoms with Gasteiger partial charge in [-0.3, -0.25) is 4.79 Å². The van der Waals surface area contributed by atoms with Gasteiger partial charge in [-0.1, -0.05) is 72.8 Å². The first-order valence-electron chi connectivity index (χ1n) is 7.74. The van der Waals surface area contributed by atoms with Gasteiger partial charge in [-0.05, 0) is 23.3 Å². The summed E-state index contributed by atoms with van der Waals surface area (Å²) in [6.45, 7) is 0. The van der Waals surface area contributed by atoms with E-state index in [9.17, 15) is 4.79 Å². The zero-order valence-corrected chi connectivity index (χ0v) is 12.6. The molecule has 0 unspecified atom stereocenters. The fourth-order valence-electron chi connectivity index (χ4n) is 3.17. The number of benzene rings is 3. The van der Waals surface area contributed by atoms with Crippen molar-refractivity contribution in [3.05, 3.63) is 102 Å². The Morgan fingerprint density at radius 2 is 1.22 bits per heavy atom. The predicted octanol–water partition coefficient (Wildman–Crippen LogP) is 4.79. The molecule has 0 saturated heterocycles. The van der Waals surface area contributed by atoms with Crippen LogP contribution in [0.25, 0.3) is 0 Å². The lowest BCUT2D eigenvalue weighted by atomic mass is 9.81. The van der Waals surface area contributed by atoms with Crippen LogP contribution in [-0.2, 0) is 0 Å². The molecule has 112 valence electrons. The van der Waals surface area contributed by atoms with Crippen LogP contribution < -0.4 is 4.74 Å². The van der Waals surface area contributed by atoms with Gasteiger partial charge in [0.05, 0.1) is 11.5 Å². The van der Waals surface area contributed by atoms with Crippen LogP contribution in [0.15, 0.2) is 84.9 Å². The highest BCUT2D eigenvalue weighted by atomic mass is 16.5. The molecule has 1 aliphatic rings. The molecule has 4 rings (SSSR count). The highest BCUT2D eigenvalue weighted by Gasteiger charge is 2.38. The molecule has 3 aromatic carbocycles. The first kappa shape index (κ1) is 13.8. The number of carbonyl (C=O) groups excluding carboxylic acids is 1. The van der Waals surface area contributed by atoms with Crippen molar-refractivity contribution in [2.24, 2.45) is 0 Å². The molecule has 3 aromatic rings. The highest BCUT2D eigenvalue weighted by molar-refractivity contribution is 6.04. The molecule has 2 nitrogen and oxygen atoms in total. The summed E-state index contributed by atoms with van der Waals surface area (Å²) in [4.78, 5) is 13.1. The summed E-state index contributed by atoms with van der Waals surface area (Å²) in [5.74, 6) is 0.457. The summed E-state index contributed by atoms with van der Waals surface area (Å²) >= 11 is 0. The van der Waals surface area contributed by atoms with Gasteiger partial charge in [0.2, 0.25) is 0 Å². The number of carbonyl (C=O) groups is 1. The van der Waals surface area contributed by atoms with Crippen LogP contribution in [-0.4, -0.2) is 5.78 Å². The van der Waals surface area contributed by atoms with Crippen molar-refractivity contribution < 1.29 is 9.53 Å². The van der Waals surface area contributed by atoms with Crippen molar-refractivity contribution in [2.75, 3.05) is 0 Å². The van der Waals surface area contributed by atoms with E-state index in [0.29, 0.717) is 11.3 Å². The minimum absolute atomic E-state index is 0.118. The number of ketones is 1. The van der Waals surface area contributed by atoms with Crippen LogP contribution in [0.1, 0.15) is 33.5 Å². The fraction of sp³-hybridized carbons (Fsp3) is 0.0952. The van der Waals surface area contributed by atoms with Gasteiger partial charge in [-0.25, -0.2) is 0 Å². The molecule has 2 heteroatoms. The first-order valence-corrected chi connectivity index (χ1v) is 7.74. The van der Waals surface area contributed by atoms with Crippen LogP contribution in [0.2, 0.25) is 0 Å². The number of ether oxygens (including phenoxy) is 1. The number of fused-ring (bicyclic) bond motifs is 1. The molecule has 2 atom stereocenters. The van der Waals surface area contributed by atoms with Gasteiger partial charge < -0.3 is 4.74 Å². The fourth-order valence-corrected chi connectivity index (χ4v) is 3.17. The molecule has 0 spiro atoms. The average Bonchev–Trinajstić information content (AvgIpc) is 2.63. The Morgan fingerprint density at radius 3 is 1.91 bits per heavy atom. The van der Waals surface area contributed by atoms with E-state index in [0.717, 1.165) is 11.1 Å². The molecule has 0 aliphatic carbocycles. The van der Waals surface area contributed by atoms with E-state index in [-0.39, 0.29) is 17.8 Å². The van der Waals surface area contributed by atoms with E-state index in [4.69, 9.17) is 4.74 Å². The van der Waals surface area contributed by atoms with Crippen molar-refractivity contribution in [1.82, 2.24) is 0 Å². The average molecular weight is 300 g/mol. The zero-order chi connectivity index (χ0) is 15.6. The Morgan fingerprint density at radius 1 is 0.652 bits per heavy atom. The van der Waals surface area contributed by atoms with Gasteiger partial charge in [0.25, 0.3) is 0 Å². The topological polar surface area (TPSA) is 26.3 Å². The molecule has 0 bridgehead atoms. The van der Waals surface area contributed by atoms with E-state index in [1.807, 2.05) is 84.9 Å². The van der Waals surface area contributed by atoms with E-state index < -0.39 is 0 Å². The van der Waals surface area contributed by atoms with Crippen molar-refractivity contribution in [1.29, 1.82) is 0 Å². The number of hydrogen-bond donors (Lipinski definition) is 0. The monoisotopic (exact) mass is 300 g/mol. The Bertz CT molecular complexity index is 825. The summed E-state index contributed by atoms with van der Waals surface area (Å²) in [5.41, 5.74) is 2.67. The predicted molar refractivity (Wildman–Crippen MR) is 89.8 cm³/mol. The minimum Gasteiger partial charge on any atom is -0.484 e. The van der Waals surface area contributed by atoms with Crippen LogP contribution in [0, 0.1) is 0 Å². The van der Waals surface area contributed by atoms with Crippen molar-refractivity contribution in [3.8, 4) is 5.75 Å². The standard InChI is InChI=1S/C21H16O2/c22-20-17-13-7-8-14-18(17)23-21(16-11-5-2-6-12-16)19(20)15-9-3-1-4-10-15/h1-14,19,21H/t19-,21-/m0/s1. The largest absolute Gasteiger partial charge is 0.484 e. The van der Waals surface area contributed by atoms with Gasteiger partial charge in [-0.2, -0.15) is 0 Å². The first-order chi connectivity index (χ1) is 11.3. The van der Waals surface area contributed by atoms with Gasteiger partial charge >= 0.3 is 0 Å². The zero-order valence-electron chi connectivity index (χ0n) is 12.6. The third kappa shape index (κ3) is 2.42. The van der Waals surface area contributed by atoms with E-state index in [1.54, 1.807) is 0 Å². The maximum Gasteiger partial charge on any atom is 0.178 e. The normalized spacial score (nSPS) is 19.7. The van der Waals surface area contributed by atoms with E-state index in [1.165, 1.54) is 0 Å². The second kappa shape index (κ2) is 5.73. The van der Waals surface area contributed by atoms with Gasteiger partial charge in [0, 0.05) is 0 Å². The Kier molecular flexibility index (Phi) is 3.43. The molecule has 0 aromatic heterocycles. The van der Waals surface area contributed by atoms with Crippen molar-refractivity contribution in [3.63, 3.8) is 0 Å². The molecule has 0 fully saturated rings. The Balaban J connectivity index is 1.87. The molecule has 1 aliphatic heterocycles. The molecule has 0 saturated carbocycles. The molecule has 0 radical (unpaired) electrons. The summed E-state index contributed by atoms with van der Waals surface area (Å²) < 4.78 is 6.23. The molecular formula is C21H16O2. The van der Waals surface area contributed by atoms with Gasteiger partial charge in [0.1, 0.15) is 11.9 Å². The lowest BCUT2D eigenvalue weighted by Gasteiger charge is -2.33. The van der Waals surface area contributed by atoms with Crippen LogP contribution in [0.4, 0.5) is 0 Å². The second-order valence-corrected chi connectivity index (χ2v) is 5.70. The smallest absolute Gasteiger partial charge is 0.178 e. The lowest BCUT2D eigenvalue weighted by Crippen LogP contribution is -2.29. The van der Waals surface area contributed by atoms with E-state index >= 15 is 0 Å². The lowest BCUT2D eigenvalue weighted by molar-refractivity contribution is 0.0782. The Hall–Kier alpha value is -2.87. The van der Waals surface area contributed by atoms with Crippen molar-refractivity contribution in [2.45, 2.75) is 12.0 Å². The minimum atomic E-state index is -0.325. The number of hydrogen-bond acceptors (Lipinski definition) is 2. The van der Waals surface area contributed by atoms with Crippen LogP contribution in [0.5, 0.6) is 5.75 Å². The molecule has 0 amide bonds. The number of para-hydroxylation sites is 1. The summed E-state index contributed by atoms with van der Waals surface area (Å²) in [5, 5.41) is 0. The number of Topliss-reactive ketones (excluding diaryl/α,β-unsaturated/α-hetero) is 1. The van der Waals surface area contributed by atoms with Gasteiger partial charge in [0.15, 0.2) is 5.78 Å². The molecule has 23 heavy (non-hydrogen) atoms. The molecule has 1 heterocycles. The number of rotatable bonds is 2. The van der Waals surface area contributed by atoms with Crippen LogP contribution in [0.3, 0.4) is 0 Å². The third-order valence-electron chi connectivity index (χ3n) is 4.28. The maximum atomic E-state index is 13.1. The highest BCUT2D eigenvalue weighted by Crippen LogP contribution is 2.43. The Labute approximate surface area is 135 Å². The van der Waals surface area contributed by atoms with E-state index in [2.05, 4.69) is 0 Å². The summed E-state index contributed by atoms with van der Waals surface area (Å²) in [6, 6.07) is 27.3. The van der Waals surface area contributed by atoms with Crippen molar-refractivity contribution >= 4 is 5.78 Å². The summed E-state index contributed by atoms with van der Waals surface area (Å²) in [7, 11) is 0. The van der Waals surface area contributed by atoms with Gasteiger partial charge in [-0.15, -0.1) is 0 Å². The third-order valence-corrected chi connectivity index (χ3v) is 4.28. The molecular weight excluding hydrogens is 284 g/mol. The molecule has 0 N–H and O–H groups in total. The SMILES string of the molecule is O=C1c2ccccc2O[C@@H](c2ccccc2)[C@H]1c1ccccc1. The maximum absolute atomic E-state index is 13.1. The van der Waals surface area contributed by atoms with Crippen LogP contribution >= 0.6 is 0 Å². The second-order valence-electron chi connectivity index (χ2n) is 5.70. The summed E-state index contributed by atoms with van der Waals surface area (Å²) in [6.07, 6.45) is -0.305. The quantitative estimate of drug-likeness (QED) is 0.680.